The Balaban J connectivity index is 1.65. The van der Waals surface area contributed by atoms with Gasteiger partial charge in [0.2, 0.25) is 0 Å². The minimum atomic E-state index is -0.438. The molecule has 3 nitrogen and oxygen atoms in total. The molecule has 1 atom stereocenters. The molecule has 0 spiro atoms. The van der Waals surface area contributed by atoms with Crippen LogP contribution in [0.2, 0.25) is 0 Å². The lowest BCUT2D eigenvalue weighted by molar-refractivity contribution is -0.136. The minimum Gasteiger partial charge on any atom is -0.481 e. The van der Waals surface area contributed by atoms with Crippen molar-refractivity contribution < 1.29 is 9.53 Å². The maximum atomic E-state index is 12.3. The monoisotopic (exact) mass is 373 g/mol. The average molecular weight is 374 g/mol. The van der Waals surface area contributed by atoms with Gasteiger partial charge in [-0.25, -0.2) is 0 Å². The first-order valence-electron chi connectivity index (χ1n) is 7.95. The smallest absolute Gasteiger partial charge is 0.263 e. The fourth-order valence-electron chi connectivity index (χ4n) is 2.82. The van der Waals surface area contributed by atoms with Gasteiger partial charge in [-0.1, -0.05) is 40.2 Å². The molecule has 1 aliphatic heterocycles. The molecule has 1 saturated heterocycles. The highest BCUT2D eigenvalue weighted by Gasteiger charge is 2.24. The van der Waals surface area contributed by atoms with E-state index in [9.17, 15) is 4.79 Å². The summed E-state index contributed by atoms with van der Waals surface area (Å²) in [6.45, 7) is 3.54. The average Bonchev–Trinajstić information content (AvgIpc) is 3.10. The van der Waals surface area contributed by atoms with Crippen molar-refractivity contribution >= 4 is 21.8 Å². The summed E-state index contributed by atoms with van der Waals surface area (Å²) in [7, 11) is 0. The lowest BCUT2D eigenvalue weighted by Gasteiger charge is -2.21. The summed E-state index contributed by atoms with van der Waals surface area (Å²) < 4.78 is 6.87. The Morgan fingerprint density at radius 1 is 1.00 bits per heavy atom. The lowest BCUT2D eigenvalue weighted by Crippen LogP contribution is -2.38. The number of benzene rings is 2. The molecule has 23 heavy (non-hydrogen) atoms. The number of hydrogen-bond acceptors (Lipinski definition) is 2. The number of carbonyl (C=O) groups is 1. The number of carbonyl (C=O) groups excluding carboxylic acids is 1. The quantitative estimate of drug-likeness (QED) is 0.788. The van der Waals surface area contributed by atoms with E-state index in [1.54, 1.807) is 0 Å². The van der Waals surface area contributed by atoms with Crippen LogP contribution in [0, 0.1) is 0 Å². The fourth-order valence-corrected chi connectivity index (χ4v) is 3.08. The summed E-state index contributed by atoms with van der Waals surface area (Å²) in [5.74, 6) is 0.811. The predicted octanol–water partition coefficient (Wildman–Crippen LogP) is 4.51. The van der Waals surface area contributed by atoms with Crippen LogP contribution in [-0.4, -0.2) is 30.0 Å². The van der Waals surface area contributed by atoms with E-state index in [2.05, 4.69) is 28.1 Å². The van der Waals surface area contributed by atoms with Crippen LogP contribution in [0.15, 0.2) is 53.0 Å². The molecule has 0 bridgehead atoms. The van der Waals surface area contributed by atoms with E-state index in [-0.39, 0.29) is 5.91 Å². The molecule has 3 rings (SSSR count). The van der Waals surface area contributed by atoms with Crippen LogP contribution < -0.4 is 4.74 Å². The van der Waals surface area contributed by atoms with Gasteiger partial charge < -0.3 is 9.64 Å². The van der Waals surface area contributed by atoms with Crippen LogP contribution >= 0.6 is 15.9 Å². The predicted molar refractivity (Wildman–Crippen MR) is 95.5 cm³/mol. The molecular formula is C19H20BrNO2. The third-order valence-corrected chi connectivity index (χ3v) is 4.64. The van der Waals surface area contributed by atoms with Crippen molar-refractivity contribution in [3.05, 3.63) is 53.0 Å². The second-order valence-corrected chi connectivity index (χ2v) is 6.74. The number of rotatable bonds is 4. The first kappa shape index (κ1) is 16.1. The maximum absolute atomic E-state index is 12.3. The topological polar surface area (TPSA) is 29.5 Å². The molecule has 1 aliphatic rings. The molecule has 1 heterocycles. The van der Waals surface area contributed by atoms with Gasteiger partial charge in [-0.15, -0.1) is 0 Å². The molecule has 0 N–H and O–H groups in total. The van der Waals surface area contributed by atoms with Gasteiger partial charge in [0.05, 0.1) is 0 Å². The van der Waals surface area contributed by atoms with Gasteiger partial charge in [0.15, 0.2) is 6.10 Å². The van der Waals surface area contributed by atoms with Crippen LogP contribution in [0.5, 0.6) is 5.75 Å². The summed E-state index contributed by atoms with van der Waals surface area (Å²) in [4.78, 5) is 14.2. The number of hydrogen-bond donors (Lipinski definition) is 0. The van der Waals surface area contributed by atoms with E-state index < -0.39 is 6.10 Å². The molecule has 2 aromatic rings. The van der Waals surface area contributed by atoms with Gasteiger partial charge in [0.1, 0.15) is 5.75 Å². The van der Waals surface area contributed by atoms with Gasteiger partial charge in [-0.05, 0) is 55.2 Å². The van der Waals surface area contributed by atoms with Crippen molar-refractivity contribution in [2.24, 2.45) is 0 Å². The molecular weight excluding hydrogens is 354 g/mol. The van der Waals surface area contributed by atoms with Crippen molar-refractivity contribution in [2.45, 2.75) is 25.9 Å². The molecule has 4 heteroatoms. The number of nitrogens with zero attached hydrogens (tertiary/aromatic N) is 1. The van der Waals surface area contributed by atoms with E-state index in [0.717, 1.165) is 47.3 Å². The number of ether oxygens (including phenoxy) is 1. The van der Waals surface area contributed by atoms with Gasteiger partial charge in [-0.3, -0.25) is 4.79 Å². The highest BCUT2D eigenvalue weighted by Crippen LogP contribution is 2.24. The molecule has 0 aromatic heterocycles. The second kappa shape index (κ2) is 7.18. The van der Waals surface area contributed by atoms with Crippen LogP contribution in [0.4, 0.5) is 0 Å². The zero-order chi connectivity index (χ0) is 16.2. The summed E-state index contributed by atoms with van der Waals surface area (Å²) in [5.41, 5.74) is 2.28. The molecule has 2 aromatic carbocycles. The second-order valence-electron chi connectivity index (χ2n) is 5.82. The Labute approximate surface area is 145 Å². The first-order chi connectivity index (χ1) is 11.1. The lowest BCUT2D eigenvalue weighted by atomic mass is 10.1. The summed E-state index contributed by atoms with van der Waals surface area (Å²) in [6.07, 6.45) is 1.76. The van der Waals surface area contributed by atoms with E-state index in [0.29, 0.717) is 0 Å². The van der Waals surface area contributed by atoms with Crippen LogP contribution in [0.25, 0.3) is 11.1 Å². The number of likely N-dealkylation sites (tertiary alicyclic amines) is 1. The van der Waals surface area contributed by atoms with Crippen LogP contribution in [0.3, 0.4) is 0 Å². The Kier molecular flexibility index (Phi) is 5.01. The zero-order valence-electron chi connectivity index (χ0n) is 13.2. The van der Waals surface area contributed by atoms with Crippen molar-refractivity contribution in [3.8, 4) is 16.9 Å². The fraction of sp³-hybridized carbons (Fsp3) is 0.316. The largest absolute Gasteiger partial charge is 0.481 e. The van der Waals surface area contributed by atoms with Crippen molar-refractivity contribution in [3.63, 3.8) is 0 Å². The molecule has 0 unspecified atom stereocenters. The normalized spacial score (nSPS) is 15.5. The van der Waals surface area contributed by atoms with Crippen LogP contribution in [0.1, 0.15) is 19.8 Å². The van der Waals surface area contributed by atoms with Crippen LogP contribution in [-0.2, 0) is 4.79 Å². The summed E-state index contributed by atoms with van der Waals surface area (Å²) in [6, 6.07) is 16.1. The number of halogens is 1. The van der Waals surface area contributed by atoms with E-state index >= 15 is 0 Å². The van der Waals surface area contributed by atoms with Crippen molar-refractivity contribution in [2.75, 3.05) is 13.1 Å². The number of amides is 1. The van der Waals surface area contributed by atoms with Crippen molar-refractivity contribution in [1.29, 1.82) is 0 Å². The van der Waals surface area contributed by atoms with Crippen molar-refractivity contribution in [1.82, 2.24) is 4.90 Å². The summed E-state index contributed by atoms with van der Waals surface area (Å²) >= 11 is 3.44. The van der Waals surface area contributed by atoms with Gasteiger partial charge in [0, 0.05) is 17.6 Å². The van der Waals surface area contributed by atoms with Gasteiger partial charge in [0.25, 0.3) is 5.91 Å². The standard InChI is InChI=1S/C19H20BrNO2/c1-14(19(22)21-12-2-3-13-21)23-18-10-6-16(7-11-18)15-4-8-17(20)9-5-15/h4-11,14H,2-3,12-13H2,1H3/t14-/m0/s1. The summed E-state index contributed by atoms with van der Waals surface area (Å²) in [5, 5.41) is 0. The zero-order valence-corrected chi connectivity index (χ0v) is 14.8. The molecule has 0 aliphatic carbocycles. The van der Waals surface area contributed by atoms with Gasteiger partial charge >= 0.3 is 0 Å². The Morgan fingerprint density at radius 2 is 1.52 bits per heavy atom. The Bertz CT molecular complexity index is 661. The SMILES string of the molecule is C[C@H](Oc1ccc(-c2ccc(Br)cc2)cc1)C(=O)N1CCCC1. The molecule has 0 saturated carbocycles. The first-order valence-corrected chi connectivity index (χ1v) is 8.74. The molecule has 1 amide bonds. The maximum Gasteiger partial charge on any atom is 0.263 e. The van der Waals surface area contributed by atoms with E-state index in [1.165, 1.54) is 0 Å². The third kappa shape index (κ3) is 3.94. The molecule has 0 radical (unpaired) electrons. The minimum absolute atomic E-state index is 0.0829. The van der Waals surface area contributed by atoms with Gasteiger partial charge in [-0.2, -0.15) is 0 Å². The highest BCUT2D eigenvalue weighted by molar-refractivity contribution is 9.10. The molecule has 120 valence electrons. The third-order valence-electron chi connectivity index (χ3n) is 4.11. The van der Waals surface area contributed by atoms with E-state index in [4.69, 9.17) is 4.74 Å². The Hall–Kier alpha value is -1.81. The molecule has 1 fully saturated rings. The highest BCUT2D eigenvalue weighted by atomic mass is 79.9. The Morgan fingerprint density at radius 3 is 2.09 bits per heavy atom. The van der Waals surface area contributed by atoms with E-state index in [1.807, 2.05) is 48.2 Å².